The minimum atomic E-state index is -0.453. The molecule has 92 valence electrons. The van der Waals surface area contributed by atoms with Gasteiger partial charge < -0.3 is 0 Å². The fourth-order valence-electron chi connectivity index (χ4n) is 1.50. The molecular weight excluding hydrogens is 224 g/mol. The molecule has 0 aliphatic heterocycles. The van der Waals surface area contributed by atoms with Gasteiger partial charge >= 0.3 is 0 Å². The monoisotopic (exact) mass is 238 g/mol. The third kappa shape index (κ3) is 3.53. The summed E-state index contributed by atoms with van der Waals surface area (Å²) in [5.74, 6) is -0.346. The lowest BCUT2D eigenvalue weighted by atomic mass is 10.0. The Balaban J connectivity index is 2.93. The summed E-state index contributed by atoms with van der Waals surface area (Å²) in [7, 11) is 0. The highest BCUT2D eigenvalue weighted by atomic mass is 16.7. The van der Waals surface area contributed by atoms with Crippen molar-refractivity contribution in [2.45, 2.75) is 26.9 Å². The molecule has 0 aliphatic carbocycles. The molecule has 0 unspecified atom stereocenters. The molecule has 0 aliphatic rings. The van der Waals surface area contributed by atoms with Crippen molar-refractivity contribution in [1.29, 1.82) is 0 Å². The van der Waals surface area contributed by atoms with Crippen LogP contribution in [-0.2, 0) is 22.7 Å². The summed E-state index contributed by atoms with van der Waals surface area (Å²) in [4.78, 5) is 25.9. The highest BCUT2D eigenvalue weighted by Crippen LogP contribution is 2.23. The molecule has 0 aromatic heterocycles. The van der Waals surface area contributed by atoms with Gasteiger partial charge in [-0.1, -0.05) is 19.1 Å². The van der Waals surface area contributed by atoms with Crippen molar-refractivity contribution in [3.8, 4) is 0 Å². The Hall–Kier alpha value is -1.95. The fourth-order valence-corrected chi connectivity index (χ4v) is 1.50. The van der Waals surface area contributed by atoms with Gasteiger partial charge in [-0.2, -0.15) is 0 Å². The van der Waals surface area contributed by atoms with Crippen LogP contribution < -0.4 is 5.48 Å². The number of hydroxylamine groups is 1. The highest BCUT2D eigenvalue weighted by Gasteiger charge is 2.16. The number of nitrogens with one attached hydrogen (secondary N) is 1. The summed E-state index contributed by atoms with van der Waals surface area (Å²) in [6.45, 7) is 3.20. The number of amides is 1. The highest BCUT2D eigenvalue weighted by molar-refractivity contribution is 5.71. The molecule has 1 N–H and O–H groups in total. The van der Waals surface area contributed by atoms with Gasteiger partial charge in [0.2, 0.25) is 5.91 Å². The van der Waals surface area contributed by atoms with Crippen molar-refractivity contribution < 1.29 is 14.6 Å². The first-order chi connectivity index (χ1) is 8.06. The second-order valence-electron chi connectivity index (χ2n) is 3.47. The number of carbonyl (C=O) groups is 1. The molecule has 17 heavy (non-hydrogen) atoms. The molecule has 0 radical (unpaired) electrons. The predicted octanol–water partition coefficient (Wildman–Crippen LogP) is 1.72. The Morgan fingerprint density at radius 3 is 2.76 bits per heavy atom. The number of nitro benzene ring substituents is 1. The number of hydrogen-bond donors (Lipinski definition) is 1. The van der Waals surface area contributed by atoms with E-state index in [9.17, 15) is 14.9 Å². The Kier molecular flexibility index (Phi) is 4.59. The van der Waals surface area contributed by atoms with Gasteiger partial charge in [-0.3, -0.25) is 19.7 Å². The average Bonchev–Trinajstić information content (AvgIpc) is 2.28. The smallest absolute Gasteiger partial charge is 0.273 e. The van der Waals surface area contributed by atoms with E-state index in [1.807, 2.05) is 6.92 Å². The molecule has 1 aromatic rings. The van der Waals surface area contributed by atoms with E-state index < -0.39 is 4.92 Å². The number of nitrogens with zero attached hydrogens (tertiary/aromatic N) is 1. The topological polar surface area (TPSA) is 81.5 Å². The van der Waals surface area contributed by atoms with Gasteiger partial charge in [0.25, 0.3) is 5.69 Å². The molecule has 0 saturated carbocycles. The Bertz CT molecular complexity index is 431. The first kappa shape index (κ1) is 13.1. The summed E-state index contributed by atoms with van der Waals surface area (Å²) in [5.41, 5.74) is 3.49. The third-order valence-corrected chi connectivity index (χ3v) is 2.26. The maximum absolute atomic E-state index is 10.8. The standard InChI is InChI=1S/C11H14N2O4/c1-3-9-5-4-6-11(13(15)16)10(9)7-17-12-8(2)14/h4-6H,3,7H2,1-2H3,(H,12,14). The van der Waals surface area contributed by atoms with E-state index in [2.05, 4.69) is 5.48 Å². The number of aryl methyl sites for hydroxylation is 1. The van der Waals surface area contributed by atoms with Crippen molar-refractivity contribution in [1.82, 2.24) is 5.48 Å². The molecule has 0 saturated heterocycles. The van der Waals surface area contributed by atoms with Crippen LogP contribution in [0.25, 0.3) is 0 Å². The molecule has 6 nitrogen and oxygen atoms in total. The van der Waals surface area contributed by atoms with Crippen LogP contribution in [0.1, 0.15) is 25.0 Å². The Morgan fingerprint density at radius 1 is 1.53 bits per heavy atom. The van der Waals surface area contributed by atoms with Gasteiger partial charge in [-0.15, -0.1) is 0 Å². The second-order valence-corrected chi connectivity index (χ2v) is 3.47. The number of rotatable bonds is 5. The van der Waals surface area contributed by atoms with E-state index in [0.717, 1.165) is 5.56 Å². The van der Waals surface area contributed by atoms with Crippen molar-refractivity contribution >= 4 is 11.6 Å². The van der Waals surface area contributed by atoms with Crippen LogP contribution in [0.3, 0.4) is 0 Å². The van der Waals surface area contributed by atoms with Crippen molar-refractivity contribution in [2.24, 2.45) is 0 Å². The first-order valence-electron chi connectivity index (χ1n) is 5.19. The lowest BCUT2D eigenvalue weighted by Gasteiger charge is -2.08. The Morgan fingerprint density at radius 2 is 2.24 bits per heavy atom. The van der Waals surface area contributed by atoms with Crippen LogP contribution >= 0.6 is 0 Å². The van der Waals surface area contributed by atoms with Crippen LogP contribution in [0, 0.1) is 10.1 Å². The van der Waals surface area contributed by atoms with E-state index in [1.54, 1.807) is 12.1 Å². The molecule has 0 fully saturated rings. The summed E-state index contributed by atoms with van der Waals surface area (Å²) < 4.78 is 0. The van der Waals surface area contributed by atoms with Crippen molar-refractivity contribution in [3.05, 3.63) is 39.4 Å². The lowest BCUT2D eigenvalue weighted by Crippen LogP contribution is -2.20. The quantitative estimate of drug-likeness (QED) is 0.625. The maximum atomic E-state index is 10.8. The van der Waals surface area contributed by atoms with E-state index in [4.69, 9.17) is 4.84 Å². The van der Waals surface area contributed by atoms with Gasteiger partial charge in [-0.25, -0.2) is 5.48 Å². The average molecular weight is 238 g/mol. The maximum Gasteiger partial charge on any atom is 0.275 e. The molecular formula is C11H14N2O4. The largest absolute Gasteiger partial charge is 0.275 e. The molecule has 6 heteroatoms. The van der Waals surface area contributed by atoms with Crippen LogP contribution in [-0.4, -0.2) is 10.8 Å². The van der Waals surface area contributed by atoms with Gasteiger partial charge in [0.1, 0.15) is 6.61 Å². The van der Waals surface area contributed by atoms with E-state index >= 15 is 0 Å². The van der Waals surface area contributed by atoms with E-state index in [0.29, 0.717) is 12.0 Å². The van der Waals surface area contributed by atoms with Gasteiger partial charge in [-0.05, 0) is 12.0 Å². The zero-order valence-corrected chi connectivity index (χ0v) is 9.73. The predicted molar refractivity (Wildman–Crippen MR) is 61.1 cm³/mol. The van der Waals surface area contributed by atoms with Crippen LogP contribution in [0.4, 0.5) is 5.69 Å². The minimum Gasteiger partial charge on any atom is -0.273 e. The normalized spacial score (nSPS) is 10.0. The molecule has 1 aromatic carbocycles. The van der Waals surface area contributed by atoms with Crippen molar-refractivity contribution in [2.75, 3.05) is 0 Å². The van der Waals surface area contributed by atoms with E-state index in [-0.39, 0.29) is 18.2 Å². The fraction of sp³-hybridized carbons (Fsp3) is 0.364. The van der Waals surface area contributed by atoms with Gasteiger partial charge in [0, 0.05) is 13.0 Å². The summed E-state index contributed by atoms with van der Waals surface area (Å²) in [5, 5.41) is 10.8. The first-order valence-corrected chi connectivity index (χ1v) is 5.19. The van der Waals surface area contributed by atoms with Crippen LogP contribution in [0.5, 0.6) is 0 Å². The van der Waals surface area contributed by atoms with Crippen LogP contribution in [0.2, 0.25) is 0 Å². The number of hydrogen-bond acceptors (Lipinski definition) is 4. The van der Waals surface area contributed by atoms with Gasteiger partial charge in [0.15, 0.2) is 0 Å². The lowest BCUT2D eigenvalue weighted by molar-refractivity contribution is -0.386. The molecule has 1 rings (SSSR count). The Labute approximate surface area is 98.7 Å². The zero-order valence-electron chi connectivity index (χ0n) is 9.73. The zero-order chi connectivity index (χ0) is 12.8. The second kappa shape index (κ2) is 5.95. The molecule has 0 spiro atoms. The summed E-state index contributed by atoms with van der Waals surface area (Å²) >= 11 is 0. The van der Waals surface area contributed by atoms with Crippen molar-refractivity contribution in [3.63, 3.8) is 0 Å². The number of benzene rings is 1. The molecule has 0 atom stereocenters. The SMILES string of the molecule is CCc1cccc([N+](=O)[O-])c1CONC(C)=O. The summed E-state index contributed by atoms with van der Waals surface area (Å²) in [6, 6.07) is 4.87. The van der Waals surface area contributed by atoms with Gasteiger partial charge in [0.05, 0.1) is 10.5 Å². The number of nitro groups is 1. The number of carbonyl (C=O) groups excluding carboxylic acids is 1. The van der Waals surface area contributed by atoms with E-state index in [1.165, 1.54) is 13.0 Å². The minimum absolute atomic E-state index is 0.00898. The van der Waals surface area contributed by atoms with Crippen LogP contribution in [0.15, 0.2) is 18.2 Å². The summed E-state index contributed by atoms with van der Waals surface area (Å²) in [6.07, 6.45) is 0.667. The molecule has 1 amide bonds. The molecule has 0 heterocycles. The third-order valence-electron chi connectivity index (χ3n) is 2.26. The molecule has 0 bridgehead atoms.